The molecule has 1 aliphatic rings. The number of aromatic amines is 1. The van der Waals surface area contributed by atoms with Crippen molar-refractivity contribution in [3.8, 4) is 17.0 Å². The number of anilines is 1. The molecule has 0 unspecified atom stereocenters. The Morgan fingerprint density at radius 1 is 1.24 bits per heavy atom. The molecule has 0 radical (unpaired) electrons. The van der Waals surface area contributed by atoms with E-state index in [2.05, 4.69) is 25.1 Å². The summed E-state index contributed by atoms with van der Waals surface area (Å²) in [5.74, 6) is 0.244. The number of H-pyrrole nitrogens is 1. The second-order valence-electron chi connectivity index (χ2n) is 9.11. The lowest BCUT2D eigenvalue weighted by atomic mass is 9.92. The summed E-state index contributed by atoms with van der Waals surface area (Å²) in [6.45, 7) is 2.61. The van der Waals surface area contributed by atoms with Crippen LogP contribution in [0.1, 0.15) is 18.7 Å². The summed E-state index contributed by atoms with van der Waals surface area (Å²) in [5.41, 5.74) is 8.15. The highest BCUT2D eigenvalue weighted by molar-refractivity contribution is 7.90. The number of hydrogen-bond acceptors (Lipinski definition) is 8. The lowest BCUT2D eigenvalue weighted by Gasteiger charge is -2.47. The molecule has 0 bridgehead atoms. The Kier molecular flexibility index (Phi) is 6.73. The number of nitrogens with one attached hydrogen (secondary N) is 1. The minimum atomic E-state index is -3.03. The van der Waals surface area contributed by atoms with E-state index in [0.29, 0.717) is 34.3 Å². The van der Waals surface area contributed by atoms with Crippen molar-refractivity contribution in [1.29, 1.82) is 0 Å². The Labute approximate surface area is 222 Å². The molecule has 4 heterocycles. The van der Waals surface area contributed by atoms with E-state index in [0.717, 1.165) is 5.82 Å². The van der Waals surface area contributed by atoms with Crippen LogP contribution >= 0.6 is 23.2 Å². The maximum Gasteiger partial charge on any atom is 0.177 e. The fourth-order valence-corrected chi connectivity index (χ4v) is 6.23. The second-order valence-corrected chi connectivity index (χ2v) is 12.1. The molecule has 194 valence electrons. The summed E-state index contributed by atoms with van der Waals surface area (Å²) in [6.07, 6.45) is 4.56. The van der Waals surface area contributed by atoms with Crippen LogP contribution in [0.5, 0.6) is 5.75 Å². The predicted octanol–water partition coefficient (Wildman–Crippen LogP) is 4.37. The summed E-state index contributed by atoms with van der Waals surface area (Å²) < 4.78 is 43.7. The average molecular weight is 565 g/mol. The van der Waals surface area contributed by atoms with Gasteiger partial charge in [0.1, 0.15) is 21.3 Å². The molecule has 3 aromatic heterocycles. The van der Waals surface area contributed by atoms with Gasteiger partial charge in [0.15, 0.2) is 17.8 Å². The van der Waals surface area contributed by atoms with Gasteiger partial charge < -0.3 is 9.64 Å². The molecule has 1 aromatic carbocycles. The van der Waals surface area contributed by atoms with Gasteiger partial charge >= 0.3 is 0 Å². The van der Waals surface area contributed by atoms with Crippen molar-refractivity contribution in [3.05, 3.63) is 64.3 Å². The average Bonchev–Trinajstić information content (AvgIpc) is 3.23. The van der Waals surface area contributed by atoms with Gasteiger partial charge in [-0.25, -0.2) is 17.8 Å². The number of nitrogens with zero attached hydrogens (tertiary/aromatic N) is 4. The first-order valence-electron chi connectivity index (χ1n) is 11.3. The van der Waals surface area contributed by atoms with Gasteiger partial charge in [0.25, 0.3) is 0 Å². The molecule has 1 aliphatic heterocycles. The van der Waals surface area contributed by atoms with Crippen molar-refractivity contribution in [2.45, 2.75) is 19.2 Å². The number of sulfone groups is 1. The maximum absolute atomic E-state index is 14.8. The van der Waals surface area contributed by atoms with Crippen LogP contribution in [0.4, 0.5) is 10.2 Å². The lowest BCUT2D eigenvalue weighted by Crippen LogP contribution is -2.57. The molecule has 4 aromatic rings. The number of aromatic nitrogens is 4. The van der Waals surface area contributed by atoms with E-state index in [1.165, 1.54) is 30.8 Å². The van der Waals surface area contributed by atoms with Crippen LogP contribution in [-0.2, 0) is 9.84 Å². The van der Waals surface area contributed by atoms with E-state index in [4.69, 9.17) is 33.7 Å². The Hall–Kier alpha value is -2.99. The topological polar surface area (TPSA) is 127 Å². The molecular formula is C24H23Cl2FN6O3S. The van der Waals surface area contributed by atoms with Crippen molar-refractivity contribution in [1.82, 2.24) is 20.2 Å². The van der Waals surface area contributed by atoms with E-state index in [1.807, 2.05) is 19.1 Å². The lowest BCUT2D eigenvalue weighted by molar-refractivity contribution is 0.205. The molecule has 0 aliphatic carbocycles. The molecule has 0 spiro atoms. The monoisotopic (exact) mass is 564 g/mol. The van der Waals surface area contributed by atoms with Gasteiger partial charge in [0, 0.05) is 65.9 Å². The molecule has 1 saturated heterocycles. The molecular weight excluding hydrogens is 542 g/mol. The van der Waals surface area contributed by atoms with Crippen LogP contribution in [0.15, 0.2) is 42.9 Å². The van der Waals surface area contributed by atoms with Crippen molar-refractivity contribution < 1.29 is 17.5 Å². The largest absolute Gasteiger partial charge is 0.468 e. The Morgan fingerprint density at radius 2 is 1.97 bits per heavy atom. The van der Waals surface area contributed by atoms with E-state index in [9.17, 15) is 12.8 Å². The summed E-state index contributed by atoms with van der Waals surface area (Å²) in [7, 11) is -3.03. The molecule has 0 saturated carbocycles. The van der Waals surface area contributed by atoms with Gasteiger partial charge in [0.2, 0.25) is 0 Å². The van der Waals surface area contributed by atoms with E-state index in [1.54, 1.807) is 6.20 Å². The highest BCUT2D eigenvalue weighted by atomic mass is 35.5. The SMILES string of the molecule is C[C@@H]1[C@@H](CS(C)(=O)=O)CN1c1ccc(-c2n[nH]c3cc(F)c(O[C@H](N)c4c(Cl)cncc4Cl)cc23)cn1. The van der Waals surface area contributed by atoms with Gasteiger partial charge in [0.05, 0.1) is 21.3 Å². The van der Waals surface area contributed by atoms with Crippen molar-refractivity contribution in [3.63, 3.8) is 0 Å². The Bertz CT molecular complexity index is 1560. The number of halogens is 3. The fraction of sp³-hybridized carbons (Fsp3) is 0.292. The van der Waals surface area contributed by atoms with Gasteiger partial charge in [-0.1, -0.05) is 23.2 Å². The molecule has 1 fully saturated rings. The zero-order valence-electron chi connectivity index (χ0n) is 19.8. The first-order valence-corrected chi connectivity index (χ1v) is 14.1. The first kappa shape index (κ1) is 25.7. The molecule has 0 amide bonds. The third kappa shape index (κ3) is 5.08. The molecule has 3 atom stereocenters. The summed E-state index contributed by atoms with van der Waals surface area (Å²) in [4.78, 5) is 10.5. The summed E-state index contributed by atoms with van der Waals surface area (Å²) in [5, 5.41) is 8.19. The predicted molar refractivity (Wildman–Crippen MR) is 141 cm³/mol. The third-order valence-corrected chi connectivity index (χ3v) is 8.12. The quantitative estimate of drug-likeness (QED) is 0.317. The maximum atomic E-state index is 14.8. The molecule has 5 rings (SSSR count). The van der Waals surface area contributed by atoms with Gasteiger partial charge in [-0.15, -0.1) is 0 Å². The van der Waals surface area contributed by atoms with E-state index >= 15 is 0 Å². The molecule has 13 heteroatoms. The standard InChI is InChI=1S/C24H23Cl2FN6O3S/c1-12-14(11-37(2,34)35)10-33(12)21-4-3-13(7-30-21)23-15-5-20(18(27)6-19(15)31-32-23)36-24(28)22-16(25)8-29-9-17(22)26/h3-9,12,14,24H,10-11,28H2,1-2H3,(H,31,32)/t12-,14-,24+/m1/s1. The van der Waals surface area contributed by atoms with Crippen LogP contribution in [0, 0.1) is 11.7 Å². The number of hydrogen-bond donors (Lipinski definition) is 2. The van der Waals surface area contributed by atoms with E-state index in [-0.39, 0.29) is 33.5 Å². The van der Waals surface area contributed by atoms with E-state index < -0.39 is 21.9 Å². The minimum absolute atomic E-state index is 0.0635. The minimum Gasteiger partial charge on any atom is -0.468 e. The number of fused-ring (bicyclic) bond motifs is 1. The summed E-state index contributed by atoms with van der Waals surface area (Å²) in [6, 6.07) is 6.56. The van der Waals surface area contributed by atoms with Gasteiger partial charge in [-0.2, -0.15) is 5.10 Å². The van der Waals surface area contributed by atoms with Crippen LogP contribution in [0.3, 0.4) is 0 Å². The van der Waals surface area contributed by atoms with Gasteiger partial charge in [-0.05, 0) is 25.1 Å². The molecule has 9 nitrogen and oxygen atoms in total. The Balaban J connectivity index is 1.39. The number of nitrogens with two attached hydrogens (primary N) is 1. The van der Waals surface area contributed by atoms with Crippen LogP contribution in [-0.4, -0.2) is 53.2 Å². The summed E-state index contributed by atoms with van der Waals surface area (Å²) >= 11 is 12.3. The normalized spacial score (nSPS) is 18.6. The fourth-order valence-electron chi connectivity index (χ4n) is 4.48. The molecule has 3 N–H and O–H groups in total. The number of rotatable bonds is 7. The highest BCUT2D eigenvalue weighted by Crippen LogP contribution is 2.36. The second kappa shape index (κ2) is 9.71. The van der Waals surface area contributed by atoms with Gasteiger partial charge in [-0.3, -0.25) is 15.8 Å². The number of benzene rings is 1. The van der Waals surface area contributed by atoms with Crippen LogP contribution in [0.2, 0.25) is 10.0 Å². The smallest absolute Gasteiger partial charge is 0.177 e. The van der Waals surface area contributed by atoms with Crippen LogP contribution in [0.25, 0.3) is 22.2 Å². The third-order valence-electron chi connectivity index (χ3n) is 6.48. The molecule has 37 heavy (non-hydrogen) atoms. The number of pyridine rings is 2. The van der Waals surface area contributed by atoms with Crippen molar-refractivity contribution in [2.24, 2.45) is 11.7 Å². The Morgan fingerprint density at radius 3 is 2.59 bits per heavy atom. The number of ether oxygens (including phenoxy) is 1. The first-order chi connectivity index (χ1) is 17.5. The highest BCUT2D eigenvalue weighted by Gasteiger charge is 2.38. The van der Waals surface area contributed by atoms with Crippen molar-refractivity contribution >= 4 is 49.8 Å². The zero-order chi connectivity index (χ0) is 26.5. The van der Waals surface area contributed by atoms with Crippen molar-refractivity contribution in [2.75, 3.05) is 23.5 Å². The van der Waals surface area contributed by atoms with Crippen LogP contribution < -0.4 is 15.4 Å². The zero-order valence-corrected chi connectivity index (χ0v) is 22.1.